The number of ether oxygens (including phenoxy) is 2. The minimum absolute atomic E-state index is 0. The molecule has 0 aliphatic carbocycles. The maximum Gasteiger partial charge on any atom is 2.00 e. The third-order valence-electron chi connectivity index (χ3n) is 3.22. The van der Waals surface area contributed by atoms with Gasteiger partial charge in [-0.1, -0.05) is 48.5 Å². The van der Waals surface area contributed by atoms with E-state index in [1.807, 2.05) is 0 Å². The molecule has 0 spiro atoms. The Morgan fingerprint density at radius 1 is 0.724 bits per heavy atom. The van der Waals surface area contributed by atoms with E-state index < -0.39 is 11.9 Å². The van der Waals surface area contributed by atoms with Crippen molar-refractivity contribution in [1.82, 2.24) is 0 Å². The monoisotopic (exact) mass is 410 g/mol. The summed E-state index contributed by atoms with van der Waals surface area (Å²) in [6.07, 6.45) is 2.70. The number of hydrogen-bond donors (Lipinski definition) is 2. The van der Waals surface area contributed by atoms with Crippen molar-refractivity contribution >= 4 is 47.1 Å². The van der Waals surface area contributed by atoms with Crippen LogP contribution in [0.4, 0.5) is 0 Å². The smallest absolute Gasteiger partial charge is 0.872 e. The Balaban J connectivity index is 0.000000523. The molecule has 9 heteroatoms. The zero-order valence-electron chi connectivity index (χ0n) is 15.8. The van der Waals surface area contributed by atoms with Gasteiger partial charge in [0.1, 0.15) is 0 Å². The van der Waals surface area contributed by atoms with Crippen LogP contribution in [0.5, 0.6) is 11.5 Å². The fourth-order valence-electron chi connectivity index (χ4n) is 1.85. The number of carboxylic acid groups (broad SMARTS) is 2. The van der Waals surface area contributed by atoms with Gasteiger partial charge >= 0.3 is 35.0 Å². The molecule has 0 fully saturated rings. The van der Waals surface area contributed by atoms with Crippen LogP contribution in [0.3, 0.4) is 0 Å². The van der Waals surface area contributed by atoms with Gasteiger partial charge in [0.2, 0.25) is 11.5 Å². The van der Waals surface area contributed by atoms with Crippen LogP contribution in [0.15, 0.2) is 60.0 Å². The number of hydrogen-bond acceptors (Lipinski definition) is 6. The van der Waals surface area contributed by atoms with Crippen molar-refractivity contribution in [2.24, 2.45) is 0 Å². The van der Waals surface area contributed by atoms with Crippen LogP contribution in [-0.4, -0.2) is 59.4 Å². The van der Waals surface area contributed by atoms with E-state index in [0.717, 1.165) is 0 Å². The summed E-state index contributed by atoms with van der Waals surface area (Å²) in [5.41, 5.74) is 1.23. The molecule has 2 aromatic rings. The van der Waals surface area contributed by atoms with Crippen LogP contribution in [-0.2, 0) is 19.1 Å². The maximum atomic E-state index is 10.7. The second kappa shape index (κ2) is 13.1. The van der Waals surface area contributed by atoms with Gasteiger partial charge in [-0.05, 0) is 23.3 Å². The Hall–Kier alpha value is -3.17. The van der Waals surface area contributed by atoms with E-state index in [1.54, 1.807) is 0 Å². The van der Waals surface area contributed by atoms with E-state index in [1.165, 1.54) is 74.9 Å². The Morgan fingerprint density at radius 3 is 1.21 bits per heavy atom. The average Bonchev–Trinajstić information content (AvgIpc) is 2.67. The van der Waals surface area contributed by atoms with Gasteiger partial charge in [-0.25, -0.2) is 9.59 Å². The van der Waals surface area contributed by atoms with Crippen LogP contribution >= 0.6 is 0 Å². The number of carbonyl (C=O) groups is 2. The van der Waals surface area contributed by atoms with Crippen LogP contribution in [0.25, 0.3) is 12.2 Å². The number of carboxylic acids is 2. The first-order valence-corrected chi connectivity index (χ1v) is 7.79. The molecule has 0 amide bonds. The largest absolute Gasteiger partial charge is 2.00 e. The van der Waals surface area contributed by atoms with Crippen molar-refractivity contribution < 1.29 is 39.5 Å². The van der Waals surface area contributed by atoms with Gasteiger partial charge in [-0.15, -0.1) is 11.5 Å². The molecule has 2 N–H and O–H groups in total. The molecule has 148 valence electrons. The van der Waals surface area contributed by atoms with Gasteiger partial charge in [0.25, 0.3) is 0 Å². The van der Waals surface area contributed by atoms with Crippen molar-refractivity contribution in [1.29, 1.82) is 0 Å². The molecular formula is C20H18MgO8. The first-order chi connectivity index (χ1) is 13.3. The van der Waals surface area contributed by atoms with Crippen molar-refractivity contribution in [2.75, 3.05) is 14.2 Å². The zero-order valence-corrected chi connectivity index (χ0v) is 17.2. The Labute approximate surface area is 183 Å². The molecule has 0 radical (unpaired) electrons. The fraction of sp³-hybridized carbons (Fsp3) is 0.100. The normalized spacial score (nSPS) is 10.7. The molecule has 0 aliphatic heterocycles. The summed E-state index contributed by atoms with van der Waals surface area (Å²) in [5.74, 6) is -2.84. The van der Waals surface area contributed by atoms with E-state index in [9.17, 15) is 19.8 Å². The summed E-state index contributed by atoms with van der Waals surface area (Å²) in [6.45, 7) is 0. The molecule has 0 unspecified atom stereocenters. The van der Waals surface area contributed by atoms with Crippen LogP contribution in [0.1, 0.15) is 11.1 Å². The van der Waals surface area contributed by atoms with Gasteiger partial charge in [0.05, 0.1) is 14.2 Å². The van der Waals surface area contributed by atoms with Gasteiger partial charge < -0.3 is 29.9 Å². The number of aliphatic carboxylic acids is 2. The average molecular weight is 411 g/mol. The van der Waals surface area contributed by atoms with Crippen LogP contribution < -0.4 is 10.2 Å². The second-order valence-electron chi connectivity index (χ2n) is 5.17. The summed E-state index contributed by atoms with van der Waals surface area (Å²) in [6, 6.07) is 11.6. The molecule has 0 atom stereocenters. The molecule has 2 aromatic carbocycles. The summed E-state index contributed by atoms with van der Waals surface area (Å²) in [7, 11) is 2.56. The standard InChI is InChI=1S/2C10H10O4.Mg/c2*1-14-9(10(12)13)6-7-2-4-8(11)5-3-7;/h2*2-6,11H,1H3,(H,12,13);/q;;+2/p-2. The summed E-state index contributed by atoms with van der Waals surface area (Å²) in [4.78, 5) is 21.1. The third-order valence-corrected chi connectivity index (χ3v) is 3.22. The Morgan fingerprint density at radius 2 is 1.00 bits per heavy atom. The molecule has 0 aromatic heterocycles. The van der Waals surface area contributed by atoms with E-state index in [4.69, 9.17) is 10.2 Å². The second-order valence-corrected chi connectivity index (χ2v) is 5.17. The van der Waals surface area contributed by atoms with E-state index >= 15 is 0 Å². The zero-order chi connectivity index (χ0) is 21.1. The van der Waals surface area contributed by atoms with E-state index in [2.05, 4.69) is 9.47 Å². The van der Waals surface area contributed by atoms with Gasteiger partial charge in [-0.3, -0.25) is 0 Å². The molecular weight excluding hydrogens is 393 g/mol. The van der Waals surface area contributed by atoms with Crippen molar-refractivity contribution in [2.45, 2.75) is 0 Å². The summed E-state index contributed by atoms with van der Waals surface area (Å²) in [5, 5.41) is 38.8. The molecule has 29 heavy (non-hydrogen) atoms. The fourth-order valence-corrected chi connectivity index (χ4v) is 1.85. The Bertz CT molecular complexity index is 782. The number of rotatable bonds is 6. The predicted molar refractivity (Wildman–Crippen MR) is 103 cm³/mol. The first kappa shape index (κ1) is 25.8. The minimum Gasteiger partial charge on any atom is -0.872 e. The van der Waals surface area contributed by atoms with Crippen molar-refractivity contribution in [3.05, 3.63) is 71.2 Å². The predicted octanol–water partition coefficient (Wildman–Crippen LogP) is 1.28. The molecule has 8 nitrogen and oxygen atoms in total. The quantitative estimate of drug-likeness (QED) is 0.412. The molecule has 0 bridgehead atoms. The third kappa shape index (κ3) is 9.54. The Kier molecular flexibility index (Phi) is 11.6. The molecule has 2 rings (SSSR count). The molecule has 0 heterocycles. The van der Waals surface area contributed by atoms with E-state index in [-0.39, 0.29) is 46.1 Å². The number of benzene rings is 2. The minimum atomic E-state index is -1.14. The van der Waals surface area contributed by atoms with Crippen molar-refractivity contribution in [3.63, 3.8) is 0 Å². The van der Waals surface area contributed by atoms with Crippen molar-refractivity contribution in [3.8, 4) is 11.5 Å². The van der Waals surface area contributed by atoms with Gasteiger partial charge in [0.15, 0.2) is 0 Å². The van der Waals surface area contributed by atoms with Crippen LogP contribution in [0.2, 0.25) is 0 Å². The molecule has 0 aliphatic rings. The molecule has 0 saturated heterocycles. The first-order valence-electron chi connectivity index (χ1n) is 7.79. The molecule has 0 saturated carbocycles. The van der Waals surface area contributed by atoms with Gasteiger partial charge in [0, 0.05) is 0 Å². The van der Waals surface area contributed by atoms with Crippen LogP contribution in [0, 0.1) is 0 Å². The van der Waals surface area contributed by atoms with Gasteiger partial charge in [-0.2, -0.15) is 0 Å². The summed E-state index contributed by atoms with van der Waals surface area (Å²) < 4.78 is 9.26. The SMILES string of the molecule is COC(=Cc1ccc([O-])cc1)C(=O)O.COC(=Cc1ccc([O-])cc1)C(=O)O.[Mg+2]. The maximum absolute atomic E-state index is 10.7. The topological polar surface area (TPSA) is 139 Å². The summed E-state index contributed by atoms with van der Waals surface area (Å²) >= 11 is 0. The van der Waals surface area contributed by atoms with E-state index in [0.29, 0.717) is 11.1 Å². The number of methoxy groups -OCH3 is 2.